The van der Waals surface area contributed by atoms with Crippen LogP contribution in [0.5, 0.6) is 0 Å². The van der Waals surface area contributed by atoms with Crippen LogP contribution in [0.3, 0.4) is 0 Å². The second-order valence-electron chi connectivity index (χ2n) is 4.67. The van der Waals surface area contributed by atoms with Crippen molar-refractivity contribution in [2.75, 3.05) is 11.4 Å². The van der Waals surface area contributed by atoms with Gasteiger partial charge in [-0.15, -0.1) is 0 Å². The zero-order valence-electron chi connectivity index (χ0n) is 11.3. The molecule has 0 fully saturated rings. The van der Waals surface area contributed by atoms with Crippen LogP contribution in [0.2, 0.25) is 0 Å². The van der Waals surface area contributed by atoms with Gasteiger partial charge in [-0.05, 0) is 53.8 Å². The number of hydrogen-bond donors (Lipinski definition) is 0. The molecule has 0 atom stereocenters. The van der Waals surface area contributed by atoms with Crippen LogP contribution in [-0.4, -0.2) is 12.5 Å². The molecule has 0 unspecified atom stereocenters. The number of para-hydroxylation sites is 1. The van der Waals surface area contributed by atoms with E-state index in [1.54, 1.807) is 4.90 Å². The van der Waals surface area contributed by atoms with E-state index in [1.165, 1.54) is 0 Å². The Balaban J connectivity index is 2.41. The summed E-state index contributed by atoms with van der Waals surface area (Å²) in [5.74, 6) is -0.00211. The maximum absolute atomic E-state index is 12.7. The highest BCUT2D eigenvalue weighted by molar-refractivity contribution is 14.1. The number of carbonyl (C=O) groups excluding carboxylic acids is 1. The van der Waals surface area contributed by atoms with Crippen LogP contribution in [0.15, 0.2) is 66.7 Å². The first kappa shape index (κ1) is 14.8. The molecule has 0 spiro atoms. The van der Waals surface area contributed by atoms with Crippen molar-refractivity contribution >= 4 is 34.2 Å². The molecule has 3 heteroatoms. The highest BCUT2D eigenvalue weighted by Gasteiger charge is 2.19. The first-order valence-electron chi connectivity index (χ1n) is 6.35. The fraction of sp³-hybridized carbons (Fsp3) is 0.118. The molecule has 0 aliphatic rings. The quantitative estimate of drug-likeness (QED) is 0.567. The second-order valence-corrected chi connectivity index (χ2v) is 5.83. The molecule has 0 aliphatic carbocycles. The standard InChI is InChI=1S/C17H16INO/c1-13(2)12-19(16-11-7-6-10-15(16)18)17(20)14-8-4-3-5-9-14/h3-11H,1,12H2,2H3. The Morgan fingerprint density at radius 1 is 1.10 bits per heavy atom. The third-order valence-corrected chi connectivity index (χ3v) is 3.75. The highest BCUT2D eigenvalue weighted by atomic mass is 127. The van der Waals surface area contributed by atoms with Crippen LogP contribution in [0.25, 0.3) is 0 Å². The molecule has 2 aromatic rings. The van der Waals surface area contributed by atoms with E-state index in [0.29, 0.717) is 12.1 Å². The number of rotatable bonds is 4. The van der Waals surface area contributed by atoms with Gasteiger partial charge in [0.1, 0.15) is 0 Å². The Morgan fingerprint density at radius 3 is 2.30 bits per heavy atom. The van der Waals surface area contributed by atoms with Crippen molar-refractivity contribution in [3.8, 4) is 0 Å². The van der Waals surface area contributed by atoms with Crippen molar-refractivity contribution in [2.45, 2.75) is 6.92 Å². The van der Waals surface area contributed by atoms with Gasteiger partial charge in [-0.25, -0.2) is 0 Å². The van der Waals surface area contributed by atoms with Crippen LogP contribution in [0.4, 0.5) is 5.69 Å². The van der Waals surface area contributed by atoms with Crippen molar-refractivity contribution < 1.29 is 4.79 Å². The molecule has 2 rings (SSSR count). The lowest BCUT2D eigenvalue weighted by Gasteiger charge is -2.24. The van der Waals surface area contributed by atoms with E-state index in [1.807, 2.05) is 61.5 Å². The molecule has 2 nitrogen and oxygen atoms in total. The summed E-state index contributed by atoms with van der Waals surface area (Å²) >= 11 is 2.25. The minimum absolute atomic E-state index is 0.00211. The van der Waals surface area contributed by atoms with Crippen LogP contribution in [0, 0.1) is 3.57 Å². The molecule has 0 N–H and O–H groups in total. The minimum Gasteiger partial charge on any atom is -0.303 e. The maximum Gasteiger partial charge on any atom is 0.258 e. The van der Waals surface area contributed by atoms with Gasteiger partial charge < -0.3 is 4.90 Å². The van der Waals surface area contributed by atoms with Crippen LogP contribution < -0.4 is 4.90 Å². The predicted molar refractivity (Wildman–Crippen MR) is 92.1 cm³/mol. The van der Waals surface area contributed by atoms with Crippen LogP contribution in [-0.2, 0) is 0 Å². The van der Waals surface area contributed by atoms with E-state index in [-0.39, 0.29) is 5.91 Å². The predicted octanol–water partition coefficient (Wildman–Crippen LogP) is 4.51. The summed E-state index contributed by atoms with van der Waals surface area (Å²) in [7, 11) is 0. The number of nitrogens with zero attached hydrogens (tertiary/aromatic N) is 1. The zero-order chi connectivity index (χ0) is 14.5. The van der Waals surface area contributed by atoms with E-state index < -0.39 is 0 Å². The molecule has 0 saturated carbocycles. The van der Waals surface area contributed by atoms with Gasteiger partial charge in [-0.3, -0.25) is 4.79 Å². The van der Waals surface area contributed by atoms with E-state index in [0.717, 1.165) is 14.8 Å². The normalized spacial score (nSPS) is 10.1. The molecule has 0 heterocycles. The Labute approximate surface area is 133 Å². The second kappa shape index (κ2) is 6.70. The summed E-state index contributed by atoms with van der Waals surface area (Å²) in [5, 5.41) is 0. The third-order valence-electron chi connectivity index (χ3n) is 2.84. The number of hydrogen-bond acceptors (Lipinski definition) is 1. The minimum atomic E-state index is -0.00211. The Morgan fingerprint density at radius 2 is 1.70 bits per heavy atom. The van der Waals surface area contributed by atoms with Gasteiger partial charge in [0.25, 0.3) is 5.91 Å². The van der Waals surface area contributed by atoms with E-state index in [9.17, 15) is 4.79 Å². The van der Waals surface area contributed by atoms with Gasteiger partial charge >= 0.3 is 0 Å². The number of carbonyl (C=O) groups is 1. The average Bonchev–Trinajstić information content (AvgIpc) is 2.46. The summed E-state index contributed by atoms with van der Waals surface area (Å²) in [6.07, 6.45) is 0. The SMILES string of the molecule is C=C(C)CN(C(=O)c1ccccc1)c1ccccc1I. The van der Waals surface area contributed by atoms with Crippen molar-refractivity contribution in [2.24, 2.45) is 0 Å². The molecule has 0 aliphatic heterocycles. The monoisotopic (exact) mass is 377 g/mol. The van der Waals surface area contributed by atoms with Crippen molar-refractivity contribution in [1.29, 1.82) is 0 Å². The molecule has 0 aromatic heterocycles. The van der Waals surface area contributed by atoms with Gasteiger partial charge in [0.2, 0.25) is 0 Å². The fourth-order valence-electron chi connectivity index (χ4n) is 1.94. The van der Waals surface area contributed by atoms with Crippen molar-refractivity contribution in [3.05, 3.63) is 75.9 Å². The lowest BCUT2D eigenvalue weighted by Crippen LogP contribution is -2.32. The van der Waals surface area contributed by atoms with Crippen LogP contribution in [0.1, 0.15) is 17.3 Å². The molecule has 20 heavy (non-hydrogen) atoms. The molecular formula is C17H16INO. The Bertz CT molecular complexity index is 622. The van der Waals surface area contributed by atoms with Gasteiger partial charge in [-0.1, -0.05) is 42.5 Å². The van der Waals surface area contributed by atoms with Crippen molar-refractivity contribution in [1.82, 2.24) is 0 Å². The summed E-state index contributed by atoms with van der Waals surface area (Å²) < 4.78 is 1.05. The van der Waals surface area contributed by atoms with Crippen molar-refractivity contribution in [3.63, 3.8) is 0 Å². The lowest BCUT2D eigenvalue weighted by atomic mass is 10.1. The van der Waals surface area contributed by atoms with E-state index in [2.05, 4.69) is 29.2 Å². The highest BCUT2D eigenvalue weighted by Crippen LogP contribution is 2.24. The van der Waals surface area contributed by atoms with E-state index >= 15 is 0 Å². The number of halogens is 1. The lowest BCUT2D eigenvalue weighted by molar-refractivity contribution is 0.0989. The van der Waals surface area contributed by atoms with E-state index in [4.69, 9.17) is 0 Å². The van der Waals surface area contributed by atoms with Crippen LogP contribution >= 0.6 is 22.6 Å². The summed E-state index contributed by atoms with van der Waals surface area (Å²) in [5.41, 5.74) is 2.56. The third kappa shape index (κ3) is 3.48. The maximum atomic E-state index is 12.7. The molecule has 2 aromatic carbocycles. The summed E-state index contributed by atoms with van der Waals surface area (Å²) in [6.45, 7) is 6.38. The Kier molecular flexibility index (Phi) is 4.95. The summed E-state index contributed by atoms with van der Waals surface area (Å²) in [4.78, 5) is 14.5. The van der Waals surface area contributed by atoms with Gasteiger partial charge in [0, 0.05) is 15.7 Å². The largest absolute Gasteiger partial charge is 0.303 e. The van der Waals surface area contributed by atoms with Gasteiger partial charge in [-0.2, -0.15) is 0 Å². The molecule has 1 amide bonds. The fourth-order valence-corrected chi connectivity index (χ4v) is 2.62. The number of amides is 1. The number of benzene rings is 2. The smallest absolute Gasteiger partial charge is 0.258 e. The first-order chi connectivity index (χ1) is 9.59. The topological polar surface area (TPSA) is 20.3 Å². The molecular weight excluding hydrogens is 361 g/mol. The molecule has 0 bridgehead atoms. The summed E-state index contributed by atoms with van der Waals surface area (Å²) in [6, 6.07) is 17.2. The zero-order valence-corrected chi connectivity index (χ0v) is 13.5. The Hall–Kier alpha value is -1.62. The molecule has 102 valence electrons. The molecule has 0 saturated heterocycles. The van der Waals surface area contributed by atoms with Gasteiger partial charge in [0.15, 0.2) is 0 Å². The molecule has 0 radical (unpaired) electrons. The number of anilines is 1. The average molecular weight is 377 g/mol. The van der Waals surface area contributed by atoms with Gasteiger partial charge in [0.05, 0.1) is 5.69 Å². The first-order valence-corrected chi connectivity index (χ1v) is 7.43.